The minimum atomic E-state index is 0.197. The van der Waals surface area contributed by atoms with Crippen LogP contribution in [0.4, 0.5) is 0 Å². The largest absolute Gasteiger partial charge is 0.375 e. The quantitative estimate of drug-likeness (QED) is 0.807. The minimum Gasteiger partial charge on any atom is -0.375 e. The van der Waals surface area contributed by atoms with E-state index in [0.29, 0.717) is 24.3 Å². The Bertz CT molecular complexity index is 622. The molecule has 1 atom stereocenters. The van der Waals surface area contributed by atoms with Gasteiger partial charge < -0.3 is 9.64 Å². The van der Waals surface area contributed by atoms with E-state index in [0.717, 1.165) is 56.2 Å². The number of ether oxygens (including phenoxy) is 1. The van der Waals surface area contributed by atoms with Gasteiger partial charge in [0.1, 0.15) is 0 Å². The van der Waals surface area contributed by atoms with E-state index in [1.807, 2.05) is 6.92 Å². The smallest absolute Gasteiger partial charge is 0.225 e. The van der Waals surface area contributed by atoms with E-state index in [1.165, 1.54) is 12.8 Å². The van der Waals surface area contributed by atoms with Crippen molar-refractivity contribution in [3.8, 4) is 0 Å². The number of hydrogen-bond donors (Lipinski definition) is 0. The summed E-state index contributed by atoms with van der Waals surface area (Å²) in [5, 5.41) is 3.18. The van der Waals surface area contributed by atoms with Crippen molar-refractivity contribution in [2.75, 3.05) is 33.3 Å². The van der Waals surface area contributed by atoms with Crippen LogP contribution in [0, 0.1) is 18.8 Å². The van der Waals surface area contributed by atoms with Gasteiger partial charge in [0.15, 0.2) is 0 Å². The SMILES string of the molecule is Cc1nc(COCC2CCN(C)C3(C2)CN(C(=O)C2CCC2)C3)cs1. The van der Waals surface area contributed by atoms with E-state index < -0.39 is 0 Å². The van der Waals surface area contributed by atoms with Crippen molar-refractivity contribution in [2.24, 2.45) is 11.8 Å². The molecule has 1 aliphatic carbocycles. The average molecular weight is 364 g/mol. The van der Waals surface area contributed by atoms with Crippen molar-refractivity contribution in [3.05, 3.63) is 16.1 Å². The minimum absolute atomic E-state index is 0.197. The molecule has 0 radical (unpaired) electrons. The molecular formula is C19H29N3O2S. The third-order valence-corrected chi connectivity index (χ3v) is 7.18. The van der Waals surface area contributed by atoms with Gasteiger partial charge in [-0.05, 0) is 52.1 Å². The summed E-state index contributed by atoms with van der Waals surface area (Å²) in [6.45, 7) is 6.40. The Morgan fingerprint density at radius 2 is 2.20 bits per heavy atom. The van der Waals surface area contributed by atoms with Crippen molar-refractivity contribution in [2.45, 2.75) is 51.2 Å². The second-order valence-electron chi connectivity index (χ2n) is 8.20. The average Bonchev–Trinajstić information content (AvgIpc) is 2.90. The third-order valence-electron chi connectivity index (χ3n) is 6.36. The van der Waals surface area contributed by atoms with Crippen LogP contribution in [0.15, 0.2) is 5.38 Å². The molecule has 1 aromatic rings. The highest BCUT2D eigenvalue weighted by molar-refractivity contribution is 7.09. The topological polar surface area (TPSA) is 45.7 Å². The molecule has 138 valence electrons. The van der Waals surface area contributed by atoms with Gasteiger partial charge >= 0.3 is 0 Å². The molecule has 25 heavy (non-hydrogen) atoms. The number of aryl methyl sites for hydroxylation is 1. The molecule has 5 nitrogen and oxygen atoms in total. The van der Waals surface area contributed by atoms with Gasteiger partial charge in [0, 0.05) is 24.4 Å². The van der Waals surface area contributed by atoms with E-state index >= 15 is 0 Å². The van der Waals surface area contributed by atoms with Crippen molar-refractivity contribution < 1.29 is 9.53 Å². The summed E-state index contributed by atoms with van der Waals surface area (Å²) in [4.78, 5) is 21.5. The van der Waals surface area contributed by atoms with Crippen LogP contribution >= 0.6 is 11.3 Å². The molecule has 4 rings (SSSR count). The molecular weight excluding hydrogens is 334 g/mol. The molecule has 3 aliphatic rings. The fourth-order valence-corrected chi connectivity index (χ4v) is 5.06. The normalized spacial score (nSPS) is 26.5. The number of rotatable bonds is 5. The molecule has 6 heteroatoms. The van der Waals surface area contributed by atoms with Gasteiger partial charge in [-0.2, -0.15) is 0 Å². The number of hydrogen-bond acceptors (Lipinski definition) is 5. The number of piperidine rings is 1. The van der Waals surface area contributed by atoms with Crippen molar-refractivity contribution >= 4 is 17.2 Å². The number of amides is 1. The summed E-state index contributed by atoms with van der Waals surface area (Å²) in [7, 11) is 2.22. The van der Waals surface area contributed by atoms with Crippen LogP contribution in [0.1, 0.15) is 42.8 Å². The molecule has 1 aromatic heterocycles. The molecule has 0 aromatic carbocycles. The maximum Gasteiger partial charge on any atom is 0.225 e. The maximum atomic E-state index is 12.4. The Kier molecular flexibility index (Phi) is 4.86. The first-order chi connectivity index (χ1) is 12.1. The number of thiazole rings is 1. The summed E-state index contributed by atoms with van der Waals surface area (Å²) in [5.74, 6) is 1.33. The van der Waals surface area contributed by atoms with Crippen molar-refractivity contribution in [1.82, 2.24) is 14.8 Å². The number of likely N-dealkylation sites (tertiary alicyclic amines) is 2. The molecule has 1 spiro atoms. The van der Waals surface area contributed by atoms with Crippen LogP contribution in [0.25, 0.3) is 0 Å². The summed E-state index contributed by atoms with van der Waals surface area (Å²) in [5.41, 5.74) is 1.24. The van der Waals surface area contributed by atoms with Gasteiger partial charge in [0.2, 0.25) is 5.91 Å². The lowest BCUT2D eigenvalue weighted by Gasteiger charge is -2.59. The summed E-state index contributed by atoms with van der Waals surface area (Å²) < 4.78 is 5.95. The van der Waals surface area contributed by atoms with Crippen LogP contribution in [-0.2, 0) is 16.1 Å². The van der Waals surface area contributed by atoms with E-state index in [-0.39, 0.29) is 5.54 Å². The van der Waals surface area contributed by atoms with E-state index in [4.69, 9.17) is 4.74 Å². The predicted octanol–water partition coefficient (Wildman–Crippen LogP) is 2.69. The van der Waals surface area contributed by atoms with Crippen molar-refractivity contribution in [3.63, 3.8) is 0 Å². The Labute approximate surface area is 154 Å². The summed E-state index contributed by atoms with van der Waals surface area (Å²) in [6.07, 6.45) is 5.77. The number of carbonyl (C=O) groups is 1. The van der Waals surface area contributed by atoms with Gasteiger partial charge in [-0.15, -0.1) is 11.3 Å². The lowest BCUT2D eigenvalue weighted by Crippen LogP contribution is -2.73. The van der Waals surface area contributed by atoms with Gasteiger partial charge in [-0.3, -0.25) is 9.69 Å². The molecule has 1 unspecified atom stereocenters. The first kappa shape index (κ1) is 17.4. The highest BCUT2D eigenvalue weighted by Crippen LogP contribution is 2.40. The fraction of sp³-hybridized carbons (Fsp3) is 0.789. The van der Waals surface area contributed by atoms with Crippen LogP contribution in [0.2, 0.25) is 0 Å². The zero-order valence-electron chi connectivity index (χ0n) is 15.4. The lowest BCUT2D eigenvalue weighted by molar-refractivity contribution is -0.158. The van der Waals surface area contributed by atoms with Crippen LogP contribution in [0.5, 0.6) is 0 Å². The maximum absolute atomic E-state index is 12.4. The van der Waals surface area contributed by atoms with Crippen LogP contribution in [-0.4, -0.2) is 59.5 Å². The van der Waals surface area contributed by atoms with Gasteiger partial charge in [-0.1, -0.05) is 6.42 Å². The van der Waals surface area contributed by atoms with Crippen molar-refractivity contribution in [1.29, 1.82) is 0 Å². The number of carbonyl (C=O) groups excluding carboxylic acids is 1. The zero-order valence-corrected chi connectivity index (χ0v) is 16.2. The Hall–Kier alpha value is -0.980. The molecule has 2 saturated heterocycles. The molecule has 3 fully saturated rings. The predicted molar refractivity (Wildman–Crippen MR) is 98.5 cm³/mol. The van der Waals surface area contributed by atoms with Crippen LogP contribution < -0.4 is 0 Å². The molecule has 3 heterocycles. The molecule has 1 amide bonds. The number of likely N-dealkylation sites (N-methyl/N-ethyl adjacent to an activating group) is 1. The Morgan fingerprint density at radius 1 is 1.40 bits per heavy atom. The first-order valence-corrected chi connectivity index (χ1v) is 10.4. The van der Waals surface area contributed by atoms with E-state index in [9.17, 15) is 4.79 Å². The van der Waals surface area contributed by atoms with Gasteiger partial charge in [0.05, 0.1) is 29.5 Å². The number of aromatic nitrogens is 1. The second-order valence-corrected chi connectivity index (χ2v) is 9.26. The third kappa shape index (κ3) is 3.49. The second kappa shape index (κ2) is 6.97. The molecule has 1 saturated carbocycles. The standard InChI is InChI=1S/C19H29N3O2S/c1-14-20-17(11-25-14)10-24-9-15-6-7-21(2)19(8-15)12-22(13-19)18(23)16-4-3-5-16/h11,15-16H,3-10,12-13H2,1-2H3. The van der Waals surface area contributed by atoms with Gasteiger partial charge in [0.25, 0.3) is 0 Å². The van der Waals surface area contributed by atoms with E-state index in [1.54, 1.807) is 11.3 Å². The fourth-order valence-electron chi connectivity index (χ4n) is 4.46. The highest BCUT2D eigenvalue weighted by Gasteiger charge is 2.51. The lowest BCUT2D eigenvalue weighted by atomic mass is 9.74. The van der Waals surface area contributed by atoms with Gasteiger partial charge in [-0.25, -0.2) is 4.98 Å². The first-order valence-electron chi connectivity index (χ1n) is 9.54. The summed E-state index contributed by atoms with van der Waals surface area (Å²) >= 11 is 1.68. The zero-order chi connectivity index (χ0) is 17.4. The number of nitrogens with zero attached hydrogens (tertiary/aromatic N) is 3. The Balaban J connectivity index is 1.26. The Morgan fingerprint density at radius 3 is 2.84 bits per heavy atom. The summed E-state index contributed by atoms with van der Waals surface area (Å²) in [6, 6.07) is 0. The molecule has 2 aliphatic heterocycles. The van der Waals surface area contributed by atoms with E-state index in [2.05, 4.69) is 27.2 Å². The molecule has 0 N–H and O–H groups in total. The monoisotopic (exact) mass is 363 g/mol. The van der Waals surface area contributed by atoms with Crippen LogP contribution in [0.3, 0.4) is 0 Å². The molecule has 0 bridgehead atoms. The highest BCUT2D eigenvalue weighted by atomic mass is 32.1.